The molecule has 0 spiro atoms. The first kappa shape index (κ1) is 15.2. The van der Waals surface area contributed by atoms with Gasteiger partial charge in [0.05, 0.1) is 15.6 Å². The lowest BCUT2D eigenvalue weighted by Gasteiger charge is -2.19. The van der Waals surface area contributed by atoms with E-state index in [0.717, 1.165) is 0 Å². The average molecular weight is 340 g/mol. The molecule has 0 amide bonds. The normalized spacial score (nSPS) is 14.7. The van der Waals surface area contributed by atoms with Gasteiger partial charge in [-0.15, -0.1) is 0 Å². The molecular formula is C8H4BrF6NO2. The number of halogens is 7. The van der Waals surface area contributed by atoms with E-state index < -0.39 is 38.9 Å². The van der Waals surface area contributed by atoms with Crippen LogP contribution in [0, 0.1) is 5.21 Å². The zero-order chi connectivity index (χ0) is 14.3. The van der Waals surface area contributed by atoms with Gasteiger partial charge in [0.25, 0.3) is 0 Å². The van der Waals surface area contributed by atoms with E-state index in [1.807, 2.05) is 0 Å². The van der Waals surface area contributed by atoms with Crippen molar-refractivity contribution in [3.05, 3.63) is 32.9 Å². The quantitative estimate of drug-likeness (QED) is 0.610. The third-order valence-corrected chi connectivity index (χ3v) is 2.60. The average Bonchev–Trinajstić information content (AvgIpc) is 2.13. The molecule has 0 saturated heterocycles. The summed E-state index contributed by atoms with van der Waals surface area (Å²) in [7, 11) is 0. The number of hydrogen-bond donors (Lipinski definition) is 2. The fourth-order valence-corrected chi connectivity index (χ4v) is 1.72. The molecule has 0 fully saturated rings. The number of hydrogen-bond acceptors (Lipinski definition) is 2. The van der Waals surface area contributed by atoms with Gasteiger partial charge in [-0.25, -0.2) is 5.21 Å². The van der Waals surface area contributed by atoms with Crippen LogP contribution in [0.1, 0.15) is 11.1 Å². The van der Waals surface area contributed by atoms with Crippen molar-refractivity contribution in [3.8, 4) is 0 Å². The van der Waals surface area contributed by atoms with Crippen molar-refractivity contribution >= 4 is 21.6 Å². The predicted molar refractivity (Wildman–Crippen MR) is 49.9 cm³/mol. The van der Waals surface area contributed by atoms with Crippen LogP contribution in [0.25, 0.3) is 0 Å². The monoisotopic (exact) mass is 339 g/mol. The van der Waals surface area contributed by atoms with Crippen LogP contribution in [-0.2, 0) is 12.4 Å². The molecule has 3 nitrogen and oxygen atoms in total. The smallest absolute Gasteiger partial charge is 0.417 e. The minimum absolute atomic E-state index is 0.0464. The lowest BCUT2D eigenvalue weighted by molar-refractivity contribution is -0.991. The van der Waals surface area contributed by atoms with Gasteiger partial charge in [0.1, 0.15) is 0 Å². The maximum absolute atomic E-state index is 12.4. The van der Waals surface area contributed by atoms with E-state index in [1.54, 1.807) is 0 Å². The Morgan fingerprint density at radius 1 is 1.00 bits per heavy atom. The summed E-state index contributed by atoms with van der Waals surface area (Å²) in [4.78, 5) is 0. The van der Waals surface area contributed by atoms with Gasteiger partial charge in [-0.05, 0) is 22.0 Å². The molecule has 0 radical (unpaired) electrons. The summed E-state index contributed by atoms with van der Waals surface area (Å²) >= 11 is 2.49. The zero-order valence-electron chi connectivity index (χ0n) is 8.16. The molecule has 1 rings (SSSR count). The molecule has 0 aliphatic heterocycles. The molecule has 1 aromatic rings. The van der Waals surface area contributed by atoms with Crippen molar-refractivity contribution in [1.82, 2.24) is 0 Å². The minimum Gasteiger partial charge on any atom is -0.595 e. The fraction of sp³-hybridized carbons (Fsp3) is 0.250. The predicted octanol–water partition coefficient (Wildman–Crippen LogP) is 2.89. The Bertz CT molecular complexity index is 456. The molecule has 1 unspecified atom stereocenters. The first-order valence-corrected chi connectivity index (χ1v) is 4.95. The lowest BCUT2D eigenvalue weighted by atomic mass is 10.1. The van der Waals surface area contributed by atoms with E-state index in [1.165, 1.54) is 0 Å². The second kappa shape index (κ2) is 4.68. The van der Waals surface area contributed by atoms with Crippen LogP contribution in [0.2, 0.25) is 0 Å². The van der Waals surface area contributed by atoms with Gasteiger partial charge in [-0.3, -0.25) is 0 Å². The number of rotatable bonds is 1. The van der Waals surface area contributed by atoms with Gasteiger partial charge in [0.15, 0.2) is 5.69 Å². The third-order valence-electron chi connectivity index (χ3n) is 1.95. The molecule has 10 heteroatoms. The van der Waals surface area contributed by atoms with Crippen LogP contribution in [0.5, 0.6) is 0 Å². The molecule has 0 aromatic heterocycles. The van der Waals surface area contributed by atoms with Crippen molar-refractivity contribution in [2.45, 2.75) is 12.4 Å². The topological polar surface area (TPSA) is 47.7 Å². The first-order valence-electron chi connectivity index (χ1n) is 4.16. The standard InChI is InChI=1S/C8H4BrF6NO2/c9-5-1-3(7(10,11)12)4(8(13,14)15)2-6(5)16(17)18/h1-2,16-17H. The van der Waals surface area contributed by atoms with Gasteiger partial charge in [-0.2, -0.15) is 31.6 Å². The molecule has 1 atom stereocenters. The van der Waals surface area contributed by atoms with Gasteiger partial charge >= 0.3 is 12.4 Å². The van der Waals surface area contributed by atoms with E-state index in [2.05, 4.69) is 15.9 Å². The maximum Gasteiger partial charge on any atom is 0.417 e. The Morgan fingerprint density at radius 3 is 1.72 bits per heavy atom. The Hall–Kier alpha value is -0.840. The molecule has 2 N–H and O–H groups in total. The summed E-state index contributed by atoms with van der Waals surface area (Å²) in [6, 6.07) is 0.0571. The molecule has 18 heavy (non-hydrogen) atoms. The highest BCUT2D eigenvalue weighted by Gasteiger charge is 2.44. The minimum atomic E-state index is -5.30. The molecule has 0 heterocycles. The van der Waals surface area contributed by atoms with E-state index in [0.29, 0.717) is 0 Å². The Labute approximate surface area is 104 Å². The second-order valence-electron chi connectivity index (χ2n) is 3.18. The van der Waals surface area contributed by atoms with E-state index in [-0.39, 0.29) is 12.1 Å². The third kappa shape index (κ3) is 3.13. The number of nitrogens with one attached hydrogen (secondary N) is 1. The molecule has 0 saturated carbocycles. The van der Waals surface area contributed by atoms with Crippen LogP contribution >= 0.6 is 15.9 Å². The highest BCUT2D eigenvalue weighted by molar-refractivity contribution is 9.10. The fourth-order valence-electron chi connectivity index (χ4n) is 1.21. The van der Waals surface area contributed by atoms with Crippen LogP contribution in [-0.4, -0.2) is 5.21 Å². The number of quaternary nitrogens is 1. The van der Waals surface area contributed by atoms with Crippen molar-refractivity contribution in [2.75, 3.05) is 0 Å². The van der Waals surface area contributed by atoms with Crippen LogP contribution in [0.15, 0.2) is 16.6 Å². The summed E-state index contributed by atoms with van der Waals surface area (Å²) in [5, 5.41) is 17.4. The largest absolute Gasteiger partial charge is 0.595 e. The van der Waals surface area contributed by atoms with Gasteiger partial charge < -0.3 is 5.21 Å². The highest BCUT2D eigenvalue weighted by Crippen LogP contribution is 2.42. The summed E-state index contributed by atoms with van der Waals surface area (Å²) in [6.45, 7) is 0. The van der Waals surface area contributed by atoms with Crippen LogP contribution in [0.3, 0.4) is 0 Å². The maximum atomic E-state index is 12.4. The Morgan fingerprint density at radius 2 is 1.39 bits per heavy atom. The first-order chi connectivity index (χ1) is 7.94. The Balaban J connectivity index is 3.58. The number of benzene rings is 1. The lowest BCUT2D eigenvalue weighted by Crippen LogP contribution is -2.99. The van der Waals surface area contributed by atoms with Crippen LogP contribution in [0.4, 0.5) is 32.0 Å². The van der Waals surface area contributed by atoms with Crippen molar-refractivity contribution in [3.63, 3.8) is 0 Å². The molecule has 0 aliphatic rings. The van der Waals surface area contributed by atoms with Gasteiger partial charge in [0.2, 0.25) is 0 Å². The van der Waals surface area contributed by atoms with Gasteiger partial charge in [0, 0.05) is 6.07 Å². The van der Waals surface area contributed by atoms with Gasteiger partial charge in [-0.1, -0.05) is 0 Å². The zero-order valence-corrected chi connectivity index (χ0v) is 9.74. The number of alkyl halides is 6. The summed E-state index contributed by atoms with van der Waals surface area (Å²) in [5.74, 6) is 0. The molecule has 0 bridgehead atoms. The second-order valence-corrected chi connectivity index (χ2v) is 4.03. The van der Waals surface area contributed by atoms with Crippen molar-refractivity contribution < 1.29 is 36.8 Å². The van der Waals surface area contributed by atoms with E-state index in [4.69, 9.17) is 5.21 Å². The van der Waals surface area contributed by atoms with E-state index in [9.17, 15) is 31.5 Å². The van der Waals surface area contributed by atoms with Crippen molar-refractivity contribution in [1.29, 1.82) is 0 Å². The molecule has 1 aromatic carbocycles. The van der Waals surface area contributed by atoms with E-state index >= 15 is 0 Å². The summed E-state index contributed by atoms with van der Waals surface area (Å²) in [6.07, 6.45) is -10.5. The Kier molecular flexibility index (Phi) is 3.96. The highest BCUT2D eigenvalue weighted by atomic mass is 79.9. The van der Waals surface area contributed by atoms with Crippen molar-refractivity contribution in [2.24, 2.45) is 0 Å². The SMILES string of the molecule is [O-][NH+](O)c1cc(C(F)(F)F)c(C(F)(F)F)cc1Br. The summed E-state index contributed by atoms with van der Waals surface area (Å²) < 4.78 is 74.0. The van der Waals surface area contributed by atoms with Crippen LogP contribution < -0.4 is 5.23 Å². The molecule has 0 aliphatic carbocycles. The molecular weight excluding hydrogens is 336 g/mol. The summed E-state index contributed by atoms with van der Waals surface area (Å²) in [5.41, 5.74) is -4.86. The molecule has 102 valence electrons.